The smallest absolute Gasteiger partial charge is 0.235 e. The molecular formula is C20H20B2N6O. The number of nitrogens with two attached hydrogens (primary N) is 1. The van der Waals surface area contributed by atoms with Crippen LogP contribution in [0.2, 0.25) is 0 Å². The maximum atomic E-state index is 11.7. The quantitative estimate of drug-likeness (QED) is 0.520. The Balaban J connectivity index is 1.64. The molecule has 142 valence electrons. The Morgan fingerprint density at radius 3 is 2.66 bits per heavy atom. The standard InChI is InChI=1S/C20H20B2N6O/c21-9-15(22)20(29)24-10-12-5-7-13(8-6-12)17-16-18(23)25-11-26-19(16)28(27-17)14-3-1-2-4-14/h5-9,11,14H,1-4,10H2,(H,24,29)(H2,23,25,26)/b15-9-. The number of hydrogen-bond donors (Lipinski definition) is 2. The zero-order valence-electron chi connectivity index (χ0n) is 16.0. The Morgan fingerprint density at radius 1 is 1.24 bits per heavy atom. The van der Waals surface area contributed by atoms with E-state index in [0.717, 1.165) is 46.7 Å². The monoisotopic (exact) mass is 382 g/mol. The molecule has 0 saturated heterocycles. The number of carbonyl (C=O) groups excluding carboxylic acids is 1. The molecule has 1 amide bonds. The van der Waals surface area contributed by atoms with Gasteiger partial charge in [0, 0.05) is 12.1 Å². The van der Waals surface area contributed by atoms with E-state index in [1.807, 2.05) is 28.9 Å². The molecule has 0 spiro atoms. The van der Waals surface area contributed by atoms with E-state index in [1.165, 1.54) is 19.2 Å². The summed E-state index contributed by atoms with van der Waals surface area (Å²) < 4.78 is 2.01. The van der Waals surface area contributed by atoms with E-state index in [1.54, 1.807) is 0 Å². The van der Waals surface area contributed by atoms with E-state index < -0.39 is 5.91 Å². The first-order valence-corrected chi connectivity index (χ1v) is 9.62. The first-order valence-electron chi connectivity index (χ1n) is 9.62. The molecule has 3 N–H and O–H groups in total. The van der Waals surface area contributed by atoms with Gasteiger partial charge in [0.1, 0.15) is 33.5 Å². The number of rotatable bonds is 5. The van der Waals surface area contributed by atoms with Gasteiger partial charge in [0.05, 0.1) is 11.4 Å². The Hall–Kier alpha value is -3.09. The molecule has 1 aliphatic rings. The third kappa shape index (κ3) is 3.77. The van der Waals surface area contributed by atoms with E-state index >= 15 is 0 Å². The Morgan fingerprint density at radius 2 is 1.97 bits per heavy atom. The van der Waals surface area contributed by atoms with Crippen molar-refractivity contribution in [1.29, 1.82) is 0 Å². The van der Waals surface area contributed by atoms with Crippen molar-refractivity contribution in [2.75, 3.05) is 5.73 Å². The first-order chi connectivity index (χ1) is 14.1. The van der Waals surface area contributed by atoms with Crippen molar-refractivity contribution >= 4 is 38.5 Å². The highest BCUT2D eigenvalue weighted by atomic mass is 16.1. The van der Waals surface area contributed by atoms with Crippen LogP contribution in [0.15, 0.2) is 42.0 Å². The molecule has 0 aliphatic heterocycles. The Labute approximate surface area is 171 Å². The second-order valence-electron chi connectivity index (χ2n) is 7.19. The number of hydrogen-bond acceptors (Lipinski definition) is 5. The van der Waals surface area contributed by atoms with Crippen molar-refractivity contribution in [3.8, 4) is 11.3 Å². The molecule has 4 radical (unpaired) electrons. The maximum absolute atomic E-state index is 11.7. The van der Waals surface area contributed by atoms with Crippen LogP contribution >= 0.6 is 0 Å². The molecule has 9 heteroatoms. The van der Waals surface area contributed by atoms with Gasteiger partial charge in [0.25, 0.3) is 0 Å². The molecule has 29 heavy (non-hydrogen) atoms. The normalized spacial score (nSPS) is 15.1. The third-order valence-electron chi connectivity index (χ3n) is 5.31. The van der Waals surface area contributed by atoms with E-state index in [0.29, 0.717) is 18.4 Å². The van der Waals surface area contributed by atoms with Gasteiger partial charge in [0.15, 0.2) is 5.65 Å². The van der Waals surface area contributed by atoms with Gasteiger partial charge >= 0.3 is 0 Å². The summed E-state index contributed by atoms with van der Waals surface area (Å²) in [6, 6.07) is 8.11. The number of nitrogen functional groups attached to an aromatic ring is 1. The van der Waals surface area contributed by atoms with Crippen LogP contribution in [-0.2, 0) is 11.3 Å². The average Bonchev–Trinajstić information content (AvgIpc) is 3.40. The van der Waals surface area contributed by atoms with Crippen LogP contribution in [-0.4, -0.2) is 41.3 Å². The van der Waals surface area contributed by atoms with Crippen molar-refractivity contribution in [3.05, 3.63) is 47.6 Å². The van der Waals surface area contributed by atoms with E-state index in [-0.39, 0.29) is 5.47 Å². The molecule has 1 aromatic carbocycles. The largest absolute Gasteiger partial charge is 0.383 e. The number of nitrogens with one attached hydrogen (secondary N) is 1. The first kappa shape index (κ1) is 19.2. The van der Waals surface area contributed by atoms with E-state index in [9.17, 15) is 4.79 Å². The minimum atomic E-state index is -0.400. The van der Waals surface area contributed by atoms with Crippen molar-refractivity contribution in [3.63, 3.8) is 0 Å². The molecule has 2 heterocycles. The zero-order valence-corrected chi connectivity index (χ0v) is 16.0. The molecule has 4 rings (SSSR count). The van der Waals surface area contributed by atoms with Crippen LogP contribution in [0.4, 0.5) is 5.82 Å². The second-order valence-corrected chi connectivity index (χ2v) is 7.19. The molecule has 3 aromatic rings. The Kier molecular flexibility index (Phi) is 5.38. The average molecular weight is 382 g/mol. The molecule has 0 unspecified atom stereocenters. The lowest BCUT2D eigenvalue weighted by Gasteiger charge is -2.10. The zero-order chi connectivity index (χ0) is 20.4. The number of fused-ring (bicyclic) bond motifs is 1. The lowest BCUT2D eigenvalue weighted by Crippen LogP contribution is -2.24. The highest BCUT2D eigenvalue weighted by molar-refractivity contribution is 6.40. The van der Waals surface area contributed by atoms with Crippen LogP contribution in [0.3, 0.4) is 0 Å². The molecule has 0 atom stereocenters. The SMILES string of the molecule is [B]/C=C(\[B])C(=O)NCc1ccc(-c2nn(C3CCCC3)c3ncnc(N)c23)cc1. The summed E-state index contributed by atoms with van der Waals surface area (Å²) in [5.74, 6) is 1.11. The number of aromatic nitrogens is 4. The van der Waals surface area contributed by atoms with Crippen LogP contribution < -0.4 is 11.1 Å². The lowest BCUT2D eigenvalue weighted by atomic mass is 9.89. The molecule has 1 saturated carbocycles. The van der Waals surface area contributed by atoms with Gasteiger partial charge in [-0.25, -0.2) is 14.6 Å². The number of benzene rings is 1. The van der Waals surface area contributed by atoms with Crippen molar-refractivity contribution in [2.45, 2.75) is 38.3 Å². The summed E-state index contributed by atoms with van der Waals surface area (Å²) in [6.45, 7) is 0.343. The van der Waals surface area contributed by atoms with Crippen LogP contribution in [0.1, 0.15) is 37.3 Å². The van der Waals surface area contributed by atoms with Gasteiger partial charge in [-0.1, -0.05) is 37.1 Å². The van der Waals surface area contributed by atoms with Crippen LogP contribution in [0.25, 0.3) is 22.3 Å². The third-order valence-corrected chi connectivity index (χ3v) is 5.31. The predicted molar refractivity (Wildman–Crippen MR) is 114 cm³/mol. The number of anilines is 1. The molecule has 0 bridgehead atoms. The minimum Gasteiger partial charge on any atom is -0.383 e. The summed E-state index contributed by atoms with van der Waals surface area (Å²) in [5, 5.41) is 8.36. The van der Waals surface area contributed by atoms with E-state index in [2.05, 4.69) is 15.3 Å². The summed E-state index contributed by atoms with van der Waals surface area (Å²) in [5.41, 5.74) is 9.57. The van der Waals surface area contributed by atoms with Crippen molar-refractivity contribution in [1.82, 2.24) is 25.1 Å². The molecular weight excluding hydrogens is 362 g/mol. The van der Waals surface area contributed by atoms with Gasteiger partial charge in [-0.05, 0) is 23.9 Å². The fourth-order valence-electron chi connectivity index (χ4n) is 3.74. The number of amides is 1. The summed E-state index contributed by atoms with van der Waals surface area (Å²) in [6.07, 6.45) is 6.08. The predicted octanol–water partition coefficient (Wildman–Crippen LogP) is 1.99. The van der Waals surface area contributed by atoms with Gasteiger partial charge in [-0.15, -0.1) is 5.98 Å². The highest BCUT2D eigenvalue weighted by Crippen LogP contribution is 2.36. The minimum absolute atomic E-state index is 0.0129. The van der Waals surface area contributed by atoms with Crippen LogP contribution in [0, 0.1) is 0 Å². The highest BCUT2D eigenvalue weighted by Gasteiger charge is 2.24. The van der Waals surface area contributed by atoms with Gasteiger partial charge < -0.3 is 11.1 Å². The number of nitrogens with zero attached hydrogens (tertiary/aromatic N) is 4. The topological polar surface area (TPSA) is 98.7 Å². The van der Waals surface area contributed by atoms with E-state index in [4.69, 9.17) is 26.5 Å². The molecule has 1 fully saturated rings. The summed E-state index contributed by atoms with van der Waals surface area (Å²) in [7, 11) is 10.7. The molecule has 1 aliphatic carbocycles. The maximum Gasteiger partial charge on any atom is 0.235 e. The molecule has 2 aromatic heterocycles. The number of carbonyl (C=O) groups is 1. The summed E-state index contributed by atoms with van der Waals surface area (Å²) in [4.78, 5) is 20.3. The molecule has 7 nitrogen and oxygen atoms in total. The summed E-state index contributed by atoms with van der Waals surface area (Å²) >= 11 is 0. The fourth-order valence-corrected chi connectivity index (χ4v) is 3.74. The Bertz CT molecular complexity index is 1070. The van der Waals surface area contributed by atoms with Crippen molar-refractivity contribution < 1.29 is 4.79 Å². The van der Waals surface area contributed by atoms with Gasteiger partial charge in [-0.3, -0.25) is 4.79 Å². The second kappa shape index (κ2) is 8.11. The van der Waals surface area contributed by atoms with Crippen molar-refractivity contribution in [2.24, 2.45) is 0 Å². The van der Waals surface area contributed by atoms with Gasteiger partial charge in [-0.2, -0.15) is 5.10 Å². The fraction of sp³-hybridized carbons (Fsp3) is 0.300. The lowest BCUT2D eigenvalue weighted by molar-refractivity contribution is -0.117. The van der Waals surface area contributed by atoms with Gasteiger partial charge in [0.2, 0.25) is 5.91 Å². The van der Waals surface area contributed by atoms with Crippen LogP contribution in [0.5, 0.6) is 0 Å².